The summed E-state index contributed by atoms with van der Waals surface area (Å²) in [5.41, 5.74) is 0.750. The number of rotatable bonds is 5. The fourth-order valence-corrected chi connectivity index (χ4v) is 2.68. The Morgan fingerprint density at radius 2 is 2.05 bits per heavy atom. The Morgan fingerprint density at radius 1 is 1.32 bits per heavy atom. The molecule has 4 nitrogen and oxygen atoms in total. The molecule has 0 aliphatic carbocycles. The van der Waals surface area contributed by atoms with Gasteiger partial charge in [0.2, 0.25) is 0 Å². The van der Waals surface area contributed by atoms with Crippen molar-refractivity contribution in [1.82, 2.24) is 4.90 Å². The molecule has 0 atom stereocenters. The zero-order valence-electron chi connectivity index (χ0n) is 10.9. The van der Waals surface area contributed by atoms with Crippen LogP contribution in [-0.4, -0.2) is 42.2 Å². The summed E-state index contributed by atoms with van der Waals surface area (Å²) in [6.45, 7) is 3.96. The van der Waals surface area contributed by atoms with Crippen LogP contribution < -0.4 is 5.32 Å². The van der Waals surface area contributed by atoms with E-state index < -0.39 is 5.97 Å². The Kier molecular flexibility index (Phi) is 5.05. The van der Waals surface area contributed by atoms with Crippen molar-refractivity contribution in [1.29, 1.82) is 0 Å². The number of nitrogens with zero attached hydrogens (tertiary/aromatic N) is 1. The first-order valence-corrected chi connectivity index (χ1v) is 7.04. The van der Waals surface area contributed by atoms with Crippen LogP contribution in [0.4, 0.5) is 5.69 Å². The molecule has 0 amide bonds. The highest BCUT2D eigenvalue weighted by Crippen LogP contribution is 2.24. The lowest BCUT2D eigenvalue weighted by molar-refractivity contribution is 0.0698. The molecule has 0 aromatic heterocycles. The fourth-order valence-electron chi connectivity index (χ4n) is 2.42. The van der Waals surface area contributed by atoms with Gasteiger partial charge in [-0.15, -0.1) is 0 Å². The van der Waals surface area contributed by atoms with E-state index >= 15 is 0 Å². The SMILES string of the molecule is O=C(O)c1c(Cl)cccc1NCCN1CCCCC1. The number of nitrogens with one attached hydrogen (secondary N) is 1. The van der Waals surface area contributed by atoms with Crippen LogP contribution in [0.25, 0.3) is 0 Å². The Labute approximate surface area is 118 Å². The molecular formula is C14H19ClN2O2. The van der Waals surface area contributed by atoms with E-state index in [1.165, 1.54) is 19.3 Å². The van der Waals surface area contributed by atoms with Gasteiger partial charge in [0.25, 0.3) is 0 Å². The van der Waals surface area contributed by atoms with Crippen molar-refractivity contribution in [3.05, 3.63) is 28.8 Å². The smallest absolute Gasteiger partial charge is 0.339 e. The molecular weight excluding hydrogens is 264 g/mol. The van der Waals surface area contributed by atoms with Crippen molar-refractivity contribution < 1.29 is 9.90 Å². The van der Waals surface area contributed by atoms with E-state index in [-0.39, 0.29) is 10.6 Å². The second kappa shape index (κ2) is 6.78. The quantitative estimate of drug-likeness (QED) is 0.872. The van der Waals surface area contributed by atoms with Gasteiger partial charge in [0.15, 0.2) is 0 Å². The molecule has 1 aliphatic rings. The van der Waals surface area contributed by atoms with Crippen LogP contribution in [0.3, 0.4) is 0 Å². The van der Waals surface area contributed by atoms with E-state index in [2.05, 4.69) is 10.2 Å². The predicted molar refractivity (Wildman–Crippen MR) is 77.2 cm³/mol. The van der Waals surface area contributed by atoms with E-state index in [1.807, 2.05) is 0 Å². The van der Waals surface area contributed by atoms with Crippen LogP contribution in [-0.2, 0) is 0 Å². The third kappa shape index (κ3) is 3.85. The maximum Gasteiger partial charge on any atom is 0.339 e. The lowest BCUT2D eigenvalue weighted by Gasteiger charge is -2.26. The fraction of sp³-hybridized carbons (Fsp3) is 0.500. The first-order chi connectivity index (χ1) is 9.18. The maximum absolute atomic E-state index is 11.2. The summed E-state index contributed by atoms with van der Waals surface area (Å²) >= 11 is 5.92. The second-order valence-corrected chi connectivity index (χ2v) is 5.20. The molecule has 0 saturated carbocycles. The van der Waals surface area contributed by atoms with Gasteiger partial charge in [0, 0.05) is 13.1 Å². The molecule has 1 aromatic carbocycles. The maximum atomic E-state index is 11.2. The van der Waals surface area contributed by atoms with Crippen LogP contribution in [0.5, 0.6) is 0 Å². The minimum Gasteiger partial charge on any atom is -0.478 e. The van der Waals surface area contributed by atoms with E-state index in [4.69, 9.17) is 16.7 Å². The highest BCUT2D eigenvalue weighted by molar-refractivity contribution is 6.34. The van der Waals surface area contributed by atoms with Crippen molar-refractivity contribution in [2.24, 2.45) is 0 Å². The number of hydrogen-bond acceptors (Lipinski definition) is 3. The van der Waals surface area contributed by atoms with Crippen molar-refractivity contribution in [3.8, 4) is 0 Å². The third-order valence-electron chi connectivity index (χ3n) is 3.42. The number of anilines is 1. The minimum absolute atomic E-state index is 0.155. The number of benzene rings is 1. The molecule has 0 unspecified atom stereocenters. The number of carbonyl (C=O) groups is 1. The molecule has 1 aromatic rings. The first-order valence-electron chi connectivity index (χ1n) is 6.66. The summed E-state index contributed by atoms with van der Waals surface area (Å²) in [5.74, 6) is -0.994. The highest BCUT2D eigenvalue weighted by atomic mass is 35.5. The van der Waals surface area contributed by atoms with Crippen LogP contribution in [0.1, 0.15) is 29.6 Å². The third-order valence-corrected chi connectivity index (χ3v) is 3.73. The average Bonchev–Trinajstić information content (AvgIpc) is 2.39. The van der Waals surface area contributed by atoms with E-state index in [0.29, 0.717) is 5.69 Å². The van der Waals surface area contributed by atoms with Gasteiger partial charge in [0.05, 0.1) is 10.7 Å². The lowest BCUT2D eigenvalue weighted by atomic mass is 10.1. The Hall–Kier alpha value is -1.26. The number of piperidine rings is 1. The van der Waals surface area contributed by atoms with E-state index in [9.17, 15) is 4.79 Å². The molecule has 1 heterocycles. The molecule has 2 rings (SSSR count). The van der Waals surface area contributed by atoms with Gasteiger partial charge in [-0.2, -0.15) is 0 Å². The lowest BCUT2D eigenvalue weighted by Crippen LogP contribution is -2.33. The summed E-state index contributed by atoms with van der Waals surface area (Å²) in [5, 5.41) is 12.6. The van der Waals surface area contributed by atoms with Crippen LogP contribution in [0.15, 0.2) is 18.2 Å². The molecule has 0 bridgehead atoms. The van der Waals surface area contributed by atoms with Gasteiger partial charge in [-0.1, -0.05) is 24.1 Å². The molecule has 1 aliphatic heterocycles. The zero-order valence-corrected chi connectivity index (χ0v) is 11.6. The van der Waals surface area contributed by atoms with Gasteiger partial charge in [-0.3, -0.25) is 0 Å². The number of carboxylic acids is 1. The number of likely N-dealkylation sites (tertiary alicyclic amines) is 1. The molecule has 1 saturated heterocycles. The average molecular weight is 283 g/mol. The number of aromatic carboxylic acids is 1. The number of carboxylic acid groups (broad SMARTS) is 1. The largest absolute Gasteiger partial charge is 0.478 e. The highest BCUT2D eigenvalue weighted by Gasteiger charge is 2.14. The van der Waals surface area contributed by atoms with E-state index in [0.717, 1.165) is 26.2 Å². The summed E-state index contributed by atoms with van der Waals surface area (Å²) in [7, 11) is 0. The van der Waals surface area contributed by atoms with Gasteiger partial charge in [-0.25, -0.2) is 4.79 Å². The number of halogens is 1. The van der Waals surface area contributed by atoms with Crippen molar-refractivity contribution >= 4 is 23.3 Å². The predicted octanol–water partition coefficient (Wildman–Crippen LogP) is 2.94. The van der Waals surface area contributed by atoms with Gasteiger partial charge in [0.1, 0.15) is 5.56 Å². The van der Waals surface area contributed by atoms with Gasteiger partial charge >= 0.3 is 5.97 Å². The standard InChI is InChI=1S/C14H19ClN2O2/c15-11-5-4-6-12(13(11)14(18)19)16-7-10-17-8-2-1-3-9-17/h4-6,16H,1-3,7-10H2,(H,18,19). The molecule has 0 radical (unpaired) electrons. The van der Waals surface area contributed by atoms with E-state index in [1.54, 1.807) is 18.2 Å². The van der Waals surface area contributed by atoms with Crippen molar-refractivity contribution in [3.63, 3.8) is 0 Å². The second-order valence-electron chi connectivity index (χ2n) is 4.80. The first kappa shape index (κ1) is 14.2. The molecule has 19 heavy (non-hydrogen) atoms. The molecule has 2 N–H and O–H groups in total. The molecule has 1 fully saturated rings. The Bertz CT molecular complexity index is 445. The van der Waals surface area contributed by atoms with Crippen LogP contribution >= 0.6 is 11.6 Å². The summed E-state index contributed by atoms with van der Waals surface area (Å²) in [6.07, 6.45) is 3.84. The summed E-state index contributed by atoms with van der Waals surface area (Å²) in [4.78, 5) is 13.6. The normalized spacial score (nSPS) is 16.3. The topological polar surface area (TPSA) is 52.6 Å². The van der Waals surface area contributed by atoms with Gasteiger partial charge in [-0.05, 0) is 38.1 Å². The number of hydrogen-bond donors (Lipinski definition) is 2. The Balaban J connectivity index is 1.92. The minimum atomic E-state index is -0.994. The van der Waals surface area contributed by atoms with Crippen molar-refractivity contribution in [2.45, 2.75) is 19.3 Å². The zero-order chi connectivity index (χ0) is 13.7. The summed E-state index contributed by atoms with van der Waals surface area (Å²) in [6, 6.07) is 5.12. The molecule has 104 valence electrons. The van der Waals surface area contributed by atoms with Crippen LogP contribution in [0.2, 0.25) is 5.02 Å². The van der Waals surface area contributed by atoms with Crippen LogP contribution in [0, 0.1) is 0 Å². The summed E-state index contributed by atoms with van der Waals surface area (Å²) < 4.78 is 0. The van der Waals surface area contributed by atoms with Gasteiger partial charge < -0.3 is 15.3 Å². The Morgan fingerprint density at radius 3 is 2.74 bits per heavy atom. The van der Waals surface area contributed by atoms with Crippen molar-refractivity contribution in [2.75, 3.05) is 31.5 Å². The monoisotopic (exact) mass is 282 g/mol. The molecule has 0 spiro atoms. The molecule has 5 heteroatoms.